The van der Waals surface area contributed by atoms with E-state index in [0.717, 1.165) is 24.2 Å². The fraction of sp³-hybridized carbons (Fsp3) is 0.562. The summed E-state index contributed by atoms with van der Waals surface area (Å²) in [6.07, 6.45) is 1.50. The first-order valence-electron chi connectivity index (χ1n) is 7.17. The number of amides is 1. The number of carbonyl (C=O) groups is 1. The van der Waals surface area contributed by atoms with E-state index in [0.29, 0.717) is 12.5 Å². The predicted molar refractivity (Wildman–Crippen MR) is 77.7 cm³/mol. The number of ether oxygens (including phenoxy) is 2. The number of rotatable bonds is 5. The Morgan fingerprint density at radius 3 is 2.55 bits per heavy atom. The molecule has 1 aliphatic rings. The highest BCUT2D eigenvalue weighted by Crippen LogP contribution is 2.24. The Morgan fingerprint density at radius 2 is 2.05 bits per heavy atom. The van der Waals surface area contributed by atoms with Gasteiger partial charge in [-0.25, -0.2) is 0 Å². The molecule has 4 heteroatoms. The largest absolute Gasteiger partial charge is 0.497 e. The lowest BCUT2D eigenvalue weighted by atomic mass is 9.95. The Hall–Kier alpha value is -1.55. The minimum absolute atomic E-state index is 0.00222. The van der Waals surface area contributed by atoms with Crippen LogP contribution in [0, 0.1) is 5.92 Å². The van der Waals surface area contributed by atoms with Gasteiger partial charge in [-0.1, -0.05) is 26.0 Å². The van der Waals surface area contributed by atoms with Crippen molar-refractivity contribution in [3.05, 3.63) is 29.8 Å². The van der Waals surface area contributed by atoms with Gasteiger partial charge in [0.1, 0.15) is 11.9 Å². The van der Waals surface area contributed by atoms with E-state index in [1.54, 1.807) is 7.11 Å². The van der Waals surface area contributed by atoms with Crippen molar-refractivity contribution >= 4 is 5.91 Å². The molecule has 1 aromatic rings. The highest BCUT2D eigenvalue weighted by Gasteiger charge is 2.27. The number of hydrogen-bond acceptors (Lipinski definition) is 3. The SMILES string of the molecule is COc1ccc(C(NC(=O)C2CCCO2)C(C)C)cc1. The second-order valence-corrected chi connectivity index (χ2v) is 5.51. The molecule has 1 heterocycles. The van der Waals surface area contributed by atoms with Crippen molar-refractivity contribution in [3.8, 4) is 5.75 Å². The Bertz CT molecular complexity index is 436. The summed E-state index contributed by atoms with van der Waals surface area (Å²) < 4.78 is 10.6. The molecule has 1 aromatic carbocycles. The van der Waals surface area contributed by atoms with Crippen LogP contribution in [-0.4, -0.2) is 25.7 Å². The van der Waals surface area contributed by atoms with Crippen molar-refractivity contribution in [1.29, 1.82) is 0 Å². The molecule has 4 nitrogen and oxygen atoms in total. The van der Waals surface area contributed by atoms with Gasteiger partial charge in [-0.3, -0.25) is 4.79 Å². The molecule has 1 amide bonds. The molecule has 20 heavy (non-hydrogen) atoms. The van der Waals surface area contributed by atoms with E-state index < -0.39 is 0 Å². The van der Waals surface area contributed by atoms with Gasteiger partial charge in [0, 0.05) is 6.61 Å². The minimum Gasteiger partial charge on any atom is -0.497 e. The van der Waals surface area contributed by atoms with Crippen LogP contribution in [-0.2, 0) is 9.53 Å². The number of hydrogen-bond donors (Lipinski definition) is 1. The molecule has 1 N–H and O–H groups in total. The van der Waals surface area contributed by atoms with E-state index in [2.05, 4.69) is 19.2 Å². The lowest BCUT2D eigenvalue weighted by Gasteiger charge is -2.24. The topological polar surface area (TPSA) is 47.6 Å². The molecule has 110 valence electrons. The van der Waals surface area contributed by atoms with Crippen LogP contribution >= 0.6 is 0 Å². The summed E-state index contributed by atoms with van der Waals surface area (Å²) >= 11 is 0. The van der Waals surface area contributed by atoms with E-state index >= 15 is 0 Å². The van der Waals surface area contributed by atoms with Crippen LogP contribution in [0.4, 0.5) is 0 Å². The molecule has 2 rings (SSSR count). The van der Waals surface area contributed by atoms with E-state index in [-0.39, 0.29) is 18.1 Å². The van der Waals surface area contributed by atoms with Gasteiger partial charge in [-0.2, -0.15) is 0 Å². The maximum Gasteiger partial charge on any atom is 0.249 e. The van der Waals surface area contributed by atoms with Crippen molar-refractivity contribution in [2.24, 2.45) is 5.92 Å². The molecule has 0 radical (unpaired) electrons. The average molecular weight is 277 g/mol. The molecule has 1 aliphatic heterocycles. The molecule has 0 saturated carbocycles. The van der Waals surface area contributed by atoms with E-state index in [1.165, 1.54) is 0 Å². The lowest BCUT2D eigenvalue weighted by molar-refractivity contribution is -0.131. The maximum absolute atomic E-state index is 12.2. The summed E-state index contributed by atoms with van der Waals surface area (Å²) in [4.78, 5) is 12.2. The molecule has 1 saturated heterocycles. The molecular formula is C16H23NO3. The fourth-order valence-electron chi connectivity index (χ4n) is 2.48. The summed E-state index contributed by atoms with van der Waals surface area (Å²) in [5, 5.41) is 3.11. The molecule has 0 aliphatic carbocycles. The molecule has 2 unspecified atom stereocenters. The van der Waals surface area contributed by atoms with Gasteiger partial charge in [-0.05, 0) is 36.5 Å². The normalized spacial score (nSPS) is 19.9. The van der Waals surface area contributed by atoms with E-state index in [4.69, 9.17) is 9.47 Å². The quantitative estimate of drug-likeness (QED) is 0.900. The third-order valence-electron chi connectivity index (χ3n) is 3.66. The Kier molecular flexibility index (Phi) is 5.01. The number of methoxy groups -OCH3 is 1. The standard InChI is InChI=1S/C16H23NO3/c1-11(2)15(12-6-8-13(19-3)9-7-12)17-16(18)14-5-4-10-20-14/h6-9,11,14-15H,4-5,10H2,1-3H3,(H,17,18). The van der Waals surface area contributed by atoms with E-state index in [9.17, 15) is 4.79 Å². The van der Waals surface area contributed by atoms with Gasteiger partial charge < -0.3 is 14.8 Å². The monoisotopic (exact) mass is 277 g/mol. The third-order valence-corrected chi connectivity index (χ3v) is 3.66. The van der Waals surface area contributed by atoms with Crippen LogP contribution in [0.1, 0.15) is 38.3 Å². The number of carbonyl (C=O) groups excluding carboxylic acids is 1. The molecule has 0 bridgehead atoms. The predicted octanol–water partition coefficient (Wildman–Crippen LogP) is 2.69. The van der Waals surface area contributed by atoms with Crippen molar-refractivity contribution in [3.63, 3.8) is 0 Å². The summed E-state index contributed by atoms with van der Waals surface area (Å²) in [7, 11) is 1.65. The zero-order valence-electron chi connectivity index (χ0n) is 12.4. The maximum atomic E-state index is 12.2. The Labute approximate surface area is 120 Å². The summed E-state index contributed by atoms with van der Waals surface area (Å²) in [5.74, 6) is 1.13. The van der Waals surface area contributed by atoms with Crippen molar-refractivity contribution in [2.75, 3.05) is 13.7 Å². The van der Waals surface area contributed by atoms with Gasteiger partial charge in [0.2, 0.25) is 5.91 Å². The van der Waals surface area contributed by atoms with Gasteiger partial charge >= 0.3 is 0 Å². The molecular weight excluding hydrogens is 254 g/mol. The Balaban J connectivity index is 2.07. The van der Waals surface area contributed by atoms with Gasteiger partial charge in [0.05, 0.1) is 13.2 Å². The fourth-order valence-corrected chi connectivity index (χ4v) is 2.48. The van der Waals surface area contributed by atoms with Crippen molar-refractivity contribution in [1.82, 2.24) is 5.32 Å². The highest BCUT2D eigenvalue weighted by atomic mass is 16.5. The van der Waals surface area contributed by atoms with Crippen LogP contribution < -0.4 is 10.1 Å². The summed E-state index contributed by atoms with van der Waals surface area (Å²) in [6.45, 7) is 4.89. The molecule has 0 aromatic heterocycles. The first-order valence-corrected chi connectivity index (χ1v) is 7.17. The third kappa shape index (κ3) is 3.51. The van der Waals surface area contributed by atoms with Crippen LogP contribution in [0.5, 0.6) is 5.75 Å². The van der Waals surface area contributed by atoms with Gasteiger partial charge in [-0.15, -0.1) is 0 Å². The summed E-state index contributed by atoms with van der Waals surface area (Å²) in [5.41, 5.74) is 1.09. The van der Waals surface area contributed by atoms with Gasteiger partial charge in [0.15, 0.2) is 0 Å². The second-order valence-electron chi connectivity index (χ2n) is 5.51. The molecule has 2 atom stereocenters. The lowest BCUT2D eigenvalue weighted by Crippen LogP contribution is -2.38. The van der Waals surface area contributed by atoms with Crippen molar-refractivity contribution < 1.29 is 14.3 Å². The van der Waals surface area contributed by atoms with Crippen LogP contribution in [0.3, 0.4) is 0 Å². The Morgan fingerprint density at radius 1 is 1.35 bits per heavy atom. The van der Waals surface area contributed by atoms with Crippen LogP contribution in [0.2, 0.25) is 0 Å². The number of benzene rings is 1. The smallest absolute Gasteiger partial charge is 0.249 e. The van der Waals surface area contributed by atoms with Gasteiger partial charge in [0.25, 0.3) is 0 Å². The van der Waals surface area contributed by atoms with Crippen molar-refractivity contribution in [2.45, 2.75) is 38.8 Å². The summed E-state index contributed by atoms with van der Waals surface area (Å²) in [6, 6.07) is 7.84. The first-order chi connectivity index (χ1) is 9.61. The molecule has 0 spiro atoms. The first kappa shape index (κ1) is 14.9. The minimum atomic E-state index is -0.283. The average Bonchev–Trinajstić information content (AvgIpc) is 2.98. The number of nitrogens with one attached hydrogen (secondary N) is 1. The zero-order chi connectivity index (χ0) is 14.5. The second kappa shape index (κ2) is 6.75. The van der Waals surface area contributed by atoms with Crippen LogP contribution in [0.25, 0.3) is 0 Å². The highest BCUT2D eigenvalue weighted by molar-refractivity contribution is 5.81. The van der Waals surface area contributed by atoms with Crippen LogP contribution in [0.15, 0.2) is 24.3 Å². The van der Waals surface area contributed by atoms with E-state index in [1.807, 2.05) is 24.3 Å². The molecule has 1 fully saturated rings. The zero-order valence-corrected chi connectivity index (χ0v) is 12.4.